The summed E-state index contributed by atoms with van der Waals surface area (Å²) in [6.45, 7) is 0.427. The average molecular weight is 395 g/mol. The second-order valence-corrected chi connectivity index (χ2v) is 6.25. The standard InChI is InChI=1S/C22H22FN3O3/c1-28-18-7-8-19(21(14-18)29-2)26-17-10-12-24-20(13-17)22(27)25-11-9-15-3-5-16(23)6-4-15/h3-8,10,12-14H,9,11H2,1-2H3,(H,24,26)(H,25,27). The van der Waals surface area contributed by atoms with Gasteiger partial charge in [-0.25, -0.2) is 4.39 Å². The quantitative estimate of drug-likeness (QED) is 0.604. The summed E-state index contributed by atoms with van der Waals surface area (Å²) in [5, 5.41) is 6.05. The third kappa shape index (κ3) is 5.44. The molecule has 0 fully saturated rings. The molecule has 2 aromatic carbocycles. The Morgan fingerprint density at radius 2 is 1.83 bits per heavy atom. The molecule has 1 amide bonds. The zero-order chi connectivity index (χ0) is 20.6. The first kappa shape index (κ1) is 20.1. The molecule has 3 rings (SSSR count). The third-order valence-corrected chi connectivity index (χ3v) is 4.29. The normalized spacial score (nSPS) is 10.3. The molecule has 29 heavy (non-hydrogen) atoms. The van der Waals surface area contributed by atoms with Crippen molar-refractivity contribution in [3.05, 3.63) is 77.9 Å². The Morgan fingerprint density at radius 3 is 2.55 bits per heavy atom. The first-order chi connectivity index (χ1) is 14.1. The molecule has 0 aliphatic heterocycles. The average Bonchev–Trinajstić information content (AvgIpc) is 2.75. The predicted octanol–water partition coefficient (Wildman–Crippen LogP) is 3.95. The smallest absolute Gasteiger partial charge is 0.269 e. The van der Waals surface area contributed by atoms with Crippen molar-refractivity contribution in [1.29, 1.82) is 0 Å². The molecule has 0 saturated carbocycles. The third-order valence-electron chi connectivity index (χ3n) is 4.29. The fourth-order valence-corrected chi connectivity index (χ4v) is 2.75. The maximum atomic E-state index is 12.9. The summed E-state index contributed by atoms with van der Waals surface area (Å²) in [7, 11) is 3.16. The van der Waals surface area contributed by atoms with Crippen LogP contribution in [0.3, 0.4) is 0 Å². The molecule has 0 radical (unpaired) electrons. The minimum Gasteiger partial charge on any atom is -0.497 e. The lowest BCUT2D eigenvalue weighted by Gasteiger charge is -2.13. The van der Waals surface area contributed by atoms with E-state index in [1.54, 1.807) is 50.7 Å². The van der Waals surface area contributed by atoms with E-state index in [4.69, 9.17) is 9.47 Å². The highest BCUT2D eigenvalue weighted by atomic mass is 19.1. The van der Waals surface area contributed by atoms with E-state index in [1.165, 1.54) is 12.1 Å². The van der Waals surface area contributed by atoms with Gasteiger partial charge in [0.15, 0.2) is 0 Å². The molecular formula is C22H22FN3O3. The van der Waals surface area contributed by atoms with Gasteiger partial charge < -0.3 is 20.1 Å². The molecule has 0 spiro atoms. The van der Waals surface area contributed by atoms with Gasteiger partial charge in [-0.1, -0.05) is 12.1 Å². The molecule has 150 valence electrons. The van der Waals surface area contributed by atoms with Gasteiger partial charge in [0.2, 0.25) is 0 Å². The summed E-state index contributed by atoms with van der Waals surface area (Å²) in [5.41, 5.74) is 2.68. The number of rotatable bonds is 8. The molecular weight excluding hydrogens is 373 g/mol. The summed E-state index contributed by atoms with van der Waals surface area (Å²) < 4.78 is 23.5. The van der Waals surface area contributed by atoms with Gasteiger partial charge in [-0.3, -0.25) is 9.78 Å². The molecule has 3 aromatic rings. The zero-order valence-corrected chi connectivity index (χ0v) is 16.2. The Labute approximate surface area is 168 Å². The number of benzene rings is 2. The van der Waals surface area contributed by atoms with E-state index in [2.05, 4.69) is 15.6 Å². The maximum Gasteiger partial charge on any atom is 0.269 e. The number of hydrogen-bond donors (Lipinski definition) is 2. The van der Waals surface area contributed by atoms with Crippen LogP contribution in [0.5, 0.6) is 11.5 Å². The number of halogens is 1. The van der Waals surface area contributed by atoms with Gasteiger partial charge in [-0.15, -0.1) is 0 Å². The van der Waals surface area contributed by atoms with E-state index in [1.807, 2.05) is 12.1 Å². The van der Waals surface area contributed by atoms with Crippen molar-refractivity contribution in [2.45, 2.75) is 6.42 Å². The van der Waals surface area contributed by atoms with Crippen molar-refractivity contribution in [2.75, 3.05) is 26.1 Å². The van der Waals surface area contributed by atoms with Gasteiger partial charge in [-0.2, -0.15) is 0 Å². The number of carbonyl (C=O) groups is 1. The maximum absolute atomic E-state index is 12.9. The number of nitrogens with zero attached hydrogens (tertiary/aromatic N) is 1. The molecule has 1 aromatic heterocycles. The van der Waals surface area contributed by atoms with Crippen LogP contribution < -0.4 is 20.1 Å². The zero-order valence-electron chi connectivity index (χ0n) is 16.2. The van der Waals surface area contributed by atoms with Gasteiger partial charge >= 0.3 is 0 Å². The number of nitrogens with one attached hydrogen (secondary N) is 2. The second-order valence-electron chi connectivity index (χ2n) is 6.25. The van der Waals surface area contributed by atoms with Crippen LogP contribution in [0.4, 0.5) is 15.8 Å². The molecule has 6 nitrogen and oxygen atoms in total. The minimum atomic E-state index is -0.280. The molecule has 0 aliphatic rings. The molecule has 0 atom stereocenters. The van der Waals surface area contributed by atoms with Crippen LogP contribution >= 0.6 is 0 Å². The molecule has 0 unspecified atom stereocenters. The van der Waals surface area contributed by atoms with Crippen LogP contribution in [-0.4, -0.2) is 31.7 Å². The number of hydrogen-bond acceptors (Lipinski definition) is 5. The lowest BCUT2D eigenvalue weighted by Crippen LogP contribution is -2.26. The van der Waals surface area contributed by atoms with Gasteiger partial charge in [0.25, 0.3) is 5.91 Å². The first-order valence-corrected chi connectivity index (χ1v) is 9.07. The van der Waals surface area contributed by atoms with Crippen molar-refractivity contribution in [1.82, 2.24) is 10.3 Å². The Morgan fingerprint density at radius 1 is 1.03 bits per heavy atom. The largest absolute Gasteiger partial charge is 0.497 e. The Kier molecular flexibility index (Phi) is 6.63. The number of methoxy groups -OCH3 is 2. The van der Waals surface area contributed by atoms with Crippen molar-refractivity contribution in [3.63, 3.8) is 0 Å². The number of amides is 1. The van der Waals surface area contributed by atoms with E-state index >= 15 is 0 Å². The molecule has 0 saturated heterocycles. The molecule has 0 bridgehead atoms. The van der Waals surface area contributed by atoms with E-state index in [0.717, 1.165) is 11.3 Å². The highest BCUT2D eigenvalue weighted by Gasteiger charge is 2.10. The molecule has 1 heterocycles. The second kappa shape index (κ2) is 9.54. The minimum absolute atomic E-state index is 0.278. The van der Waals surface area contributed by atoms with E-state index in [0.29, 0.717) is 35.8 Å². The SMILES string of the molecule is COc1ccc(Nc2ccnc(C(=O)NCCc3ccc(F)cc3)c2)c(OC)c1. The monoisotopic (exact) mass is 395 g/mol. The van der Waals surface area contributed by atoms with Gasteiger partial charge in [0.1, 0.15) is 23.0 Å². The van der Waals surface area contributed by atoms with Crippen molar-refractivity contribution < 1.29 is 18.7 Å². The summed E-state index contributed by atoms with van der Waals surface area (Å²) in [5.74, 6) is 0.743. The van der Waals surface area contributed by atoms with Crippen LogP contribution in [0.15, 0.2) is 60.8 Å². The van der Waals surface area contributed by atoms with Gasteiger partial charge in [0.05, 0.1) is 19.9 Å². The van der Waals surface area contributed by atoms with Crippen LogP contribution in [0.1, 0.15) is 16.1 Å². The highest BCUT2D eigenvalue weighted by molar-refractivity contribution is 5.93. The number of ether oxygens (including phenoxy) is 2. The predicted molar refractivity (Wildman–Crippen MR) is 110 cm³/mol. The number of aromatic nitrogens is 1. The summed E-state index contributed by atoms with van der Waals surface area (Å²) in [6, 6.07) is 15.1. The van der Waals surface area contributed by atoms with Crippen LogP contribution in [0.2, 0.25) is 0 Å². The van der Waals surface area contributed by atoms with E-state index in [-0.39, 0.29) is 11.7 Å². The number of anilines is 2. The molecule has 2 N–H and O–H groups in total. The Hall–Kier alpha value is -3.61. The molecule has 0 aliphatic carbocycles. The van der Waals surface area contributed by atoms with Crippen molar-refractivity contribution >= 4 is 17.3 Å². The summed E-state index contributed by atoms with van der Waals surface area (Å²) in [6.07, 6.45) is 2.17. The van der Waals surface area contributed by atoms with Crippen LogP contribution in [0.25, 0.3) is 0 Å². The van der Waals surface area contributed by atoms with E-state index < -0.39 is 0 Å². The van der Waals surface area contributed by atoms with Crippen LogP contribution in [0, 0.1) is 5.82 Å². The van der Waals surface area contributed by atoms with Crippen LogP contribution in [-0.2, 0) is 6.42 Å². The lowest BCUT2D eigenvalue weighted by atomic mass is 10.1. The number of pyridine rings is 1. The fraction of sp³-hybridized carbons (Fsp3) is 0.182. The Balaban J connectivity index is 1.63. The lowest BCUT2D eigenvalue weighted by molar-refractivity contribution is 0.0949. The topological polar surface area (TPSA) is 72.5 Å². The Bertz CT molecular complexity index is 977. The number of carbonyl (C=O) groups excluding carboxylic acids is 1. The molecule has 7 heteroatoms. The fourth-order valence-electron chi connectivity index (χ4n) is 2.75. The summed E-state index contributed by atoms with van der Waals surface area (Å²) >= 11 is 0. The van der Waals surface area contributed by atoms with Gasteiger partial charge in [-0.05, 0) is 48.4 Å². The van der Waals surface area contributed by atoms with Crippen molar-refractivity contribution in [3.8, 4) is 11.5 Å². The van der Waals surface area contributed by atoms with E-state index in [9.17, 15) is 9.18 Å². The van der Waals surface area contributed by atoms with Gasteiger partial charge in [0, 0.05) is 24.5 Å². The first-order valence-electron chi connectivity index (χ1n) is 9.07. The summed E-state index contributed by atoms with van der Waals surface area (Å²) in [4.78, 5) is 16.5. The van der Waals surface area contributed by atoms with Crippen molar-refractivity contribution in [2.24, 2.45) is 0 Å². The highest BCUT2D eigenvalue weighted by Crippen LogP contribution is 2.31.